The maximum absolute atomic E-state index is 12.7. The number of anilines is 1. The summed E-state index contributed by atoms with van der Waals surface area (Å²) in [7, 11) is 3.73. The number of nitrogens with zero attached hydrogens (tertiary/aromatic N) is 3. The Labute approximate surface area is 138 Å². The molecule has 5 nitrogen and oxygen atoms in total. The molecule has 0 aromatic heterocycles. The van der Waals surface area contributed by atoms with Crippen LogP contribution in [0.2, 0.25) is 0 Å². The van der Waals surface area contributed by atoms with Gasteiger partial charge in [-0.1, -0.05) is 38.0 Å². The van der Waals surface area contributed by atoms with Gasteiger partial charge >= 0.3 is 0 Å². The minimum absolute atomic E-state index is 0.0268. The molecule has 1 aromatic carbocycles. The van der Waals surface area contributed by atoms with Crippen molar-refractivity contribution in [3.63, 3.8) is 0 Å². The lowest BCUT2D eigenvalue weighted by Crippen LogP contribution is -2.59. The van der Waals surface area contributed by atoms with Crippen LogP contribution >= 0.6 is 0 Å². The second-order valence-electron chi connectivity index (χ2n) is 6.20. The van der Waals surface area contributed by atoms with Gasteiger partial charge in [-0.15, -0.1) is 0 Å². The number of carbonyl (C=O) groups is 2. The molecule has 1 aromatic rings. The van der Waals surface area contributed by atoms with Crippen molar-refractivity contribution in [3.05, 3.63) is 30.3 Å². The van der Waals surface area contributed by atoms with E-state index in [1.54, 1.807) is 9.80 Å². The number of piperazine rings is 1. The molecule has 1 saturated heterocycles. The van der Waals surface area contributed by atoms with Gasteiger partial charge in [0.05, 0.1) is 6.54 Å². The van der Waals surface area contributed by atoms with Gasteiger partial charge in [-0.2, -0.15) is 0 Å². The second kappa shape index (κ2) is 7.99. The van der Waals surface area contributed by atoms with Crippen molar-refractivity contribution in [2.24, 2.45) is 0 Å². The van der Waals surface area contributed by atoms with Gasteiger partial charge in [0.1, 0.15) is 6.04 Å². The van der Waals surface area contributed by atoms with Crippen LogP contribution in [0, 0.1) is 0 Å². The molecule has 23 heavy (non-hydrogen) atoms. The Balaban J connectivity index is 2.05. The fourth-order valence-corrected chi connectivity index (χ4v) is 2.95. The standard InChI is InChI=1S/C18H27N3O2/c1-4-5-11-16-18(23)19(2)12-13-21(16)17(22)14-20(3)15-9-7-6-8-10-15/h6-10,16H,4-5,11-14H2,1-3H3/t16-/m1/s1. The Bertz CT molecular complexity index is 532. The van der Waals surface area contributed by atoms with Crippen LogP contribution in [0.3, 0.4) is 0 Å². The summed E-state index contributed by atoms with van der Waals surface area (Å²) in [5.41, 5.74) is 1.01. The molecule has 0 spiro atoms. The summed E-state index contributed by atoms with van der Waals surface area (Å²) in [6.07, 6.45) is 2.74. The van der Waals surface area contributed by atoms with Crippen molar-refractivity contribution in [2.45, 2.75) is 32.2 Å². The number of benzene rings is 1. The molecule has 1 atom stereocenters. The quantitative estimate of drug-likeness (QED) is 0.806. The van der Waals surface area contributed by atoms with Crippen molar-refractivity contribution < 1.29 is 9.59 Å². The Morgan fingerprint density at radius 2 is 1.96 bits per heavy atom. The van der Waals surface area contributed by atoms with Crippen LogP contribution < -0.4 is 4.90 Å². The lowest BCUT2D eigenvalue weighted by molar-refractivity contribution is -0.149. The fraction of sp³-hybridized carbons (Fsp3) is 0.556. The maximum atomic E-state index is 12.7. The zero-order chi connectivity index (χ0) is 16.8. The molecule has 0 radical (unpaired) electrons. The van der Waals surface area contributed by atoms with E-state index < -0.39 is 0 Å². The highest BCUT2D eigenvalue weighted by Gasteiger charge is 2.35. The molecule has 1 aliphatic heterocycles. The molecule has 5 heteroatoms. The summed E-state index contributed by atoms with van der Waals surface area (Å²) in [5, 5.41) is 0. The number of carbonyl (C=O) groups excluding carboxylic acids is 2. The molecule has 0 bridgehead atoms. The molecule has 1 aliphatic rings. The summed E-state index contributed by atoms with van der Waals surface area (Å²) < 4.78 is 0. The number of para-hydroxylation sites is 1. The van der Waals surface area contributed by atoms with E-state index in [1.807, 2.05) is 49.3 Å². The lowest BCUT2D eigenvalue weighted by Gasteiger charge is -2.40. The predicted molar refractivity (Wildman–Crippen MR) is 92.4 cm³/mol. The van der Waals surface area contributed by atoms with E-state index in [0.717, 1.165) is 24.9 Å². The number of unbranched alkanes of at least 4 members (excludes halogenated alkanes) is 1. The summed E-state index contributed by atoms with van der Waals surface area (Å²) in [4.78, 5) is 30.6. The van der Waals surface area contributed by atoms with Crippen molar-refractivity contribution >= 4 is 17.5 Å². The summed E-state index contributed by atoms with van der Waals surface area (Å²) in [6, 6.07) is 9.54. The first-order valence-electron chi connectivity index (χ1n) is 8.35. The number of rotatable bonds is 6. The van der Waals surface area contributed by atoms with E-state index >= 15 is 0 Å². The van der Waals surface area contributed by atoms with Gasteiger partial charge in [0.25, 0.3) is 0 Å². The lowest BCUT2D eigenvalue weighted by atomic mass is 10.0. The highest BCUT2D eigenvalue weighted by atomic mass is 16.2. The first-order chi connectivity index (χ1) is 11.0. The largest absolute Gasteiger partial charge is 0.365 e. The van der Waals surface area contributed by atoms with Crippen molar-refractivity contribution in [1.29, 1.82) is 0 Å². The Kier molecular flexibility index (Phi) is 6.02. The normalized spacial score (nSPS) is 18.2. The molecular formula is C18H27N3O2. The molecule has 0 unspecified atom stereocenters. The van der Waals surface area contributed by atoms with Crippen LogP contribution in [-0.2, 0) is 9.59 Å². The van der Waals surface area contributed by atoms with Crippen molar-refractivity contribution in [1.82, 2.24) is 9.80 Å². The van der Waals surface area contributed by atoms with E-state index in [9.17, 15) is 9.59 Å². The van der Waals surface area contributed by atoms with Gasteiger partial charge in [0.15, 0.2) is 0 Å². The minimum atomic E-state index is -0.301. The monoisotopic (exact) mass is 317 g/mol. The third-order valence-electron chi connectivity index (χ3n) is 4.43. The zero-order valence-corrected chi connectivity index (χ0v) is 14.4. The van der Waals surface area contributed by atoms with Crippen LogP contribution in [0.1, 0.15) is 26.2 Å². The molecule has 0 saturated carbocycles. The topological polar surface area (TPSA) is 43.9 Å². The number of hydrogen-bond donors (Lipinski definition) is 0. The Hall–Kier alpha value is -2.04. The minimum Gasteiger partial charge on any atom is -0.365 e. The average molecular weight is 317 g/mol. The van der Waals surface area contributed by atoms with Crippen molar-refractivity contribution in [3.8, 4) is 0 Å². The SMILES string of the molecule is CCCC[C@@H]1C(=O)N(C)CCN1C(=O)CN(C)c1ccccc1. The van der Waals surface area contributed by atoms with Gasteiger partial charge in [-0.05, 0) is 18.6 Å². The molecule has 126 valence electrons. The Morgan fingerprint density at radius 3 is 2.61 bits per heavy atom. The molecule has 1 heterocycles. The van der Waals surface area contributed by atoms with Crippen LogP contribution in [-0.4, -0.2) is 61.4 Å². The molecule has 1 fully saturated rings. The maximum Gasteiger partial charge on any atom is 0.245 e. The molecule has 2 rings (SSSR count). The van der Waals surface area contributed by atoms with Crippen LogP contribution in [0.5, 0.6) is 0 Å². The van der Waals surface area contributed by atoms with Gasteiger partial charge < -0.3 is 14.7 Å². The molecule has 0 aliphatic carbocycles. The van der Waals surface area contributed by atoms with Crippen LogP contribution in [0.4, 0.5) is 5.69 Å². The van der Waals surface area contributed by atoms with Gasteiger partial charge in [-0.3, -0.25) is 9.59 Å². The molecule has 2 amide bonds. The van der Waals surface area contributed by atoms with Gasteiger partial charge in [0.2, 0.25) is 11.8 Å². The second-order valence-corrected chi connectivity index (χ2v) is 6.20. The van der Waals surface area contributed by atoms with E-state index in [1.165, 1.54) is 0 Å². The summed E-state index contributed by atoms with van der Waals surface area (Å²) >= 11 is 0. The van der Waals surface area contributed by atoms with Gasteiger partial charge in [-0.25, -0.2) is 0 Å². The summed E-state index contributed by atoms with van der Waals surface area (Å²) in [6.45, 7) is 3.64. The zero-order valence-electron chi connectivity index (χ0n) is 14.4. The van der Waals surface area contributed by atoms with E-state index in [2.05, 4.69) is 6.92 Å². The third-order valence-corrected chi connectivity index (χ3v) is 4.43. The van der Waals surface area contributed by atoms with E-state index in [4.69, 9.17) is 0 Å². The van der Waals surface area contributed by atoms with Crippen LogP contribution in [0.15, 0.2) is 30.3 Å². The van der Waals surface area contributed by atoms with E-state index in [0.29, 0.717) is 19.6 Å². The smallest absolute Gasteiger partial charge is 0.245 e. The highest BCUT2D eigenvalue weighted by molar-refractivity contribution is 5.90. The Morgan fingerprint density at radius 1 is 1.26 bits per heavy atom. The van der Waals surface area contributed by atoms with Gasteiger partial charge in [0, 0.05) is 32.9 Å². The first kappa shape index (κ1) is 17.3. The van der Waals surface area contributed by atoms with Crippen molar-refractivity contribution in [2.75, 3.05) is 38.6 Å². The summed E-state index contributed by atoms with van der Waals surface area (Å²) in [5.74, 6) is 0.0966. The molecule has 0 N–H and O–H groups in total. The predicted octanol–water partition coefficient (Wildman–Crippen LogP) is 1.98. The van der Waals surface area contributed by atoms with E-state index in [-0.39, 0.29) is 17.9 Å². The number of hydrogen-bond acceptors (Lipinski definition) is 3. The number of likely N-dealkylation sites (N-methyl/N-ethyl adjacent to an activating group) is 2. The fourth-order valence-electron chi connectivity index (χ4n) is 2.95. The average Bonchev–Trinajstić information content (AvgIpc) is 2.56. The van der Waals surface area contributed by atoms with Crippen LogP contribution in [0.25, 0.3) is 0 Å². The highest BCUT2D eigenvalue weighted by Crippen LogP contribution is 2.18. The third kappa shape index (κ3) is 4.24. The first-order valence-corrected chi connectivity index (χ1v) is 8.35. The molecular weight excluding hydrogens is 290 g/mol. The number of amides is 2.